The molecule has 0 bridgehead atoms. The van der Waals surface area contributed by atoms with E-state index in [1.54, 1.807) is 24.3 Å². The van der Waals surface area contributed by atoms with Gasteiger partial charge < -0.3 is 14.8 Å². The van der Waals surface area contributed by atoms with Gasteiger partial charge in [0.05, 0.1) is 29.6 Å². The van der Waals surface area contributed by atoms with Gasteiger partial charge in [0, 0.05) is 17.8 Å². The molecule has 0 radical (unpaired) electrons. The zero-order valence-corrected chi connectivity index (χ0v) is 13.2. The van der Waals surface area contributed by atoms with E-state index in [9.17, 15) is 25.0 Å². The third-order valence-electron chi connectivity index (χ3n) is 3.27. The van der Waals surface area contributed by atoms with Gasteiger partial charge in [0.25, 0.3) is 0 Å². The highest BCUT2D eigenvalue weighted by atomic mass is 16.6. The number of hydrogen-bond acceptors (Lipinski definition) is 8. The van der Waals surface area contributed by atoms with E-state index in [0.717, 1.165) is 19.2 Å². The van der Waals surface area contributed by atoms with Gasteiger partial charge in [-0.25, -0.2) is 4.79 Å². The summed E-state index contributed by atoms with van der Waals surface area (Å²) in [6.45, 7) is 0. The van der Waals surface area contributed by atoms with Crippen LogP contribution in [0.25, 0.3) is 0 Å². The predicted octanol–water partition coefficient (Wildman–Crippen LogP) is 3.04. The number of carbonyl (C=O) groups excluding carboxylic acids is 1. The second kappa shape index (κ2) is 7.25. The summed E-state index contributed by atoms with van der Waals surface area (Å²) < 4.78 is 9.47. The Bertz CT molecular complexity index is 799. The molecule has 0 spiro atoms. The first-order valence-corrected chi connectivity index (χ1v) is 6.83. The van der Waals surface area contributed by atoms with Crippen molar-refractivity contribution in [3.05, 3.63) is 62.2 Å². The number of carbonyl (C=O) groups is 1. The van der Waals surface area contributed by atoms with Gasteiger partial charge in [-0.05, 0) is 24.3 Å². The van der Waals surface area contributed by atoms with Crippen molar-refractivity contribution in [3.8, 4) is 5.75 Å². The van der Waals surface area contributed by atoms with E-state index < -0.39 is 27.2 Å². The molecule has 0 atom stereocenters. The number of benzene rings is 2. The number of rotatable bonds is 6. The maximum absolute atomic E-state index is 11.6. The van der Waals surface area contributed by atoms with Crippen molar-refractivity contribution in [1.29, 1.82) is 0 Å². The fourth-order valence-corrected chi connectivity index (χ4v) is 2.08. The topological polar surface area (TPSA) is 134 Å². The van der Waals surface area contributed by atoms with E-state index in [1.165, 1.54) is 7.11 Å². The molecular weight excluding hydrogens is 334 g/mol. The molecule has 1 N–H and O–H groups in total. The van der Waals surface area contributed by atoms with E-state index in [-0.39, 0.29) is 11.3 Å². The number of nitrogens with one attached hydrogen (secondary N) is 1. The molecule has 0 aliphatic carbocycles. The Morgan fingerprint density at radius 2 is 1.52 bits per heavy atom. The summed E-state index contributed by atoms with van der Waals surface area (Å²) >= 11 is 0. The third kappa shape index (κ3) is 3.80. The Hall–Kier alpha value is -3.69. The van der Waals surface area contributed by atoms with E-state index in [0.29, 0.717) is 11.4 Å². The predicted molar refractivity (Wildman–Crippen MR) is 87.4 cm³/mol. The van der Waals surface area contributed by atoms with Crippen LogP contribution in [0.15, 0.2) is 36.4 Å². The first kappa shape index (κ1) is 17.7. The first-order valence-electron chi connectivity index (χ1n) is 6.83. The number of hydrogen-bond donors (Lipinski definition) is 1. The molecule has 0 saturated heterocycles. The molecule has 2 aromatic rings. The molecule has 10 heteroatoms. The summed E-state index contributed by atoms with van der Waals surface area (Å²) in [6, 6.07) is 8.10. The molecule has 0 unspecified atom stereocenters. The van der Waals surface area contributed by atoms with Crippen LogP contribution in [0.5, 0.6) is 5.75 Å². The van der Waals surface area contributed by atoms with Crippen LogP contribution in [0.2, 0.25) is 0 Å². The second-order valence-electron chi connectivity index (χ2n) is 4.75. The summed E-state index contributed by atoms with van der Waals surface area (Å²) in [7, 11) is 2.55. The van der Waals surface area contributed by atoms with Crippen LogP contribution in [0, 0.1) is 20.2 Å². The largest absolute Gasteiger partial charge is 0.497 e. The summed E-state index contributed by atoms with van der Waals surface area (Å²) in [6.07, 6.45) is 0. The quantitative estimate of drug-likeness (QED) is 0.478. The van der Waals surface area contributed by atoms with Crippen molar-refractivity contribution in [1.82, 2.24) is 0 Å². The van der Waals surface area contributed by atoms with Crippen molar-refractivity contribution < 1.29 is 24.1 Å². The summed E-state index contributed by atoms with van der Waals surface area (Å²) in [5, 5.41) is 25.3. The Balaban J connectivity index is 2.58. The van der Waals surface area contributed by atoms with Crippen LogP contribution >= 0.6 is 0 Å². The van der Waals surface area contributed by atoms with Crippen LogP contribution in [-0.4, -0.2) is 30.0 Å². The SMILES string of the molecule is COC(=O)c1cc([N+](=O)[O-])c(Nc2ccc(OC)cc2)c([N+](=O)[O-])c1. The average molecular weight is 347 g/mol. The first-order chi connectivity index (χ1) is 11.9. The normalized spacial score (nSPS) is 10.0. The molecule has 0 saturated carbocycles. The number of esters is 1. The Kier molecular flexibility index (Phi) is 5.12. The van der Waals surface area contributed by atoms with Crippen molar-refractivity contribution in [2.45, 2.75) is 0 Å². The van der Waals surface area contributed by atoms with E-state index >= 15 is 0 Å². The van der Waals surface area contributed by atoms with E-state index in [4.69, 9.17) is 4.74 Å². The fourth-order valence-electron chi connectivity index (χ4n) is 2.08. The van der Waals surface area contributed by atoms with E-state index in [1.807, 2.05) is 0 Å². The minimum absolute atomic E-state index is 0.291. The van der Waals surface area contributed by atoms with Crippen LogP contribution in [0.1, 0.15) is 10.4 Å². The lowest BCUT2D eigenvalue weighted by Gasteiger charge is -2.10. The van der Waals surface area contributed by atoms with Gasteiger partial charge in [-0.1, -0.05) is 0 Å². The van der Waals surface area contributed by atoms with Crippen LogP contribution in [-0.2, 0) is 4.74 Å². The molecule has 2 rings (SSSR count). The Labute approximate surface area is 141 Å². The minimum atomic E-state index is -0.915. The lowest BCUT2D eigenvalue weighted by molar-refractivity contribution is -0.392. The highest BCUT2D eigenvalue weighted by Gasteiger charge is 2.29. The highest BCUT2D eigenvalue weighted by molar-refractivity contribution is 5.94. The third-order valence-corrected chi connectivity index (χ3v) is 3.27. The lowest BCUT2D eigenvalue weighted by atomic mass is 10.1. The molecular formula is C15H13N3O7. The fraction of sp³-hybridized carbons (Fsp3) is 0.133. The summed E-state index contributed by atoms with van der Waals surface area (Å²) in [5.74, 6) is -0.363. The molecule has 0 heterocycles. The lowest BCUT2D eigenvalue weighted by Crippen LogP contribution is -2.07. The van der Waals surface area contributed by atoms with Crippen LogP contribution < -0.4 is 10.1 Å². The maximum atomic E-state index is 11.6. The standard InChI is InChI=1S/C15H13N3O7/c1-24-11-5-3-10(4-6-11)16-14-12(17(20)21)7-9(15(19)25-2)8-13(14)18(22)23/h3-8,16H,1-2H3. The van der Waals surface area contributed by atoms with Crippen LogP contribution in [0.4, 0.5) is 22.7 Å². The number of ether oxygens (including phenoxy) is 2. The van der Waals surface area contributed by atoms with Crippen molar-refractivity contribution >= 4 is 28.7 Å². The molecule has 0 aliphatic heterocycles. The Morgan fingerprint density at radius 3 is 1.92 bits per heavy atom. The van der Waals surface area contributed by atoms with Gasteiger partial charge >= 0.3 is 17.3 Å². The Morgan fingerprint density at radius 1 is 1.00 bits per heavy atom. The molecule has 25 heavy (non-hydrogen) atoms. The summed E-state index contributed by atoms with van der Waals surface area (Å²) in [5.41, 5.74) is -1.50. The van der Waals surface area contributed by atoms with Gasteiger partial charge in [0.2, 0.25) is 0 Å². The minimum Gasteiger partial charge on any atom is -0.497 e. The maximum Gasteiger partial charge on any atom is 0.338 e. The molecule has 10 nitrogen and oxygen atoms in total. The molecule has 2 aromatic carbocycles. The highest BCUT2D eigenvalue weighted by Crippen LogP contribution is 2.38. The van der Waals surface area contributed by atoms with Gasteiger partial charge in [0.15, 0.2) is 5.69 Å². The van der Waals surface area contributed by atoms with Crippen molar-refractivity contribution in [2.75, 3.05) is 19.5 Å². The second-order valence-corrected chi connectivity index (χ2v) is 4.75. The van der Waals surface area contributed by atoms with Gasteiger partial charge in [-0.15, -0.1) is 0 Å². The van der Waals surface area contributed by atoms with Gasteiger partial charge in [-0.2, -0.15) is 0 Å². The summed E-state index contributed by atoms with van der Waals surface area (Å²) in [4.78, 5) is 32.6. The van der Waals surface area contributed by atoms with Crippen molar-refractivity contribution in [2.24, 2.45) is 0 Å². The molecule has 130 valence electrons. The number of anilines is 2. The molecule has 0 aromatic heterocycles. The number of nitro groups is 2. The monoisotopic (exact) mass is 347 g/mol. The molecule has 0 fully saturated rings. The zero-order chi connectivity index (χ0) is 18.6. The number of nitrogens with zero attached hydrogens (tertiary/aromatic N) is 2. The van der Waals surface area contributed by atoms with Crippen LogP contribution in [0.3, 0.4) is 0 Å². The zero-order valence-electron chi connectivity index (χ0n) is 13.2. The average Bonchev–Trinajstić information content (AvgIpc) is 2.61. The van der Waals surface area contributed by atoms with Crippen molar-refractivity contribution in [3.63, 3.8) is 0 Å². The smallest absolute Gasteiger partial charge is 0.338 e. The molecule has 0 amide bonds. The van der Waals surface area contributed by atoms with Gasteiger partial charge in [0.1, 0.15) is 5.75 Å². The van der Waals surface area contributed by atoms with E-state index in [2.05, 4.69) is 10.1 Å². The number of nitro benzene ring substituents is 2. The number of methoxy groups -OCH3 is 2. The van der Waals surface area contributed by atoms with Gasteiger partial charge in [-0.3, -0.25) is 20.2 Å². The molecule has 0 aliphatic rings.